The Kier molecular flexibility index (Phi) is 5.95. The van der Waals surface area contributed by atoms with Gasteiger partial charge in [-0.25, -0.2) is 8.42 Å². The van der Waals surface area contributed by atoms with Crippen LogP contribution in [0.2, 0.25) is 0 Å². The number of rotatable bonds is 6. The first-order valence-electron chi connectivity index (χ1n) is 9.15. The van der Waals surface area contributed by atoms with Crippen LogP contribution in [0.25, 0.3) is 0 Å². The van der Waals surface area contributed by atoms with E-state index in [0.29, 0.717) is 16.9 Å². The van der Waals surface area contributed by atoms with E-state index in [1.807, 2.05) is 6.07 Å². The van der Waals surface area contributed by atoms with Crippen LogP contribution in [0, 0.1) is 21.4 Å². The zero-order chi connectivity index (χ0) is 20.1. The second-order valence-corrected chi connectivity index (χ2v) is 9.27. The Hall–Kier alpha value is -2.92. The summed E-state index contributed by atoms with van der Waals surface area (Å²) < 4.78 is 25.4. The third-order valence-corrected chi connectivity index (χ3v) is 7.19. The minimum absolute atomic E-state index is 0.0153. The van der Waals surface area contributed by atoms with Gasteiger partial charge in [-0.3, -0.25) is 10.1 Å². The number of nitro groups is 1. The number of nitrogens with zero attached hydrogens (tertiary/aromatic N) is 2. The second kappa shape index (κ2) is 8.40. The Labute approximate surface area is 164 Å². The van der Waals surface area contributed by atoms with Gasteiger partial charge in [0.25, 0.3) is 5.69 Å². The molecule has 1 fully saturated rings. The lowest BCUT2D eigenvalue weighted by atomic mass is 10.0. The number of hydrogen-bond donors (Lipinski definition) is 1. The van der Waals surface area contributed by atoms with E-state index in [9.17, 15) is 23.8 Å². The molecule has 1 saturated carbocycles. The van der Waals surface area contributed by atoms with Crippen LogP contribution in [-0.2, 0) is 15.6 Å². The van der Waals surface area contributed by atoms with Gasteiger partial charge >= 0.3 is 0 Å². The summed E-state index contributed by atoms with van der Waals surface area (Å²) in [6.45, 7) is 0. The molecule has 0 radical (unpaired) electrons. The molecule has 2 aromatic rings. The van der Waals surface area contributed by atoms with Crippen molar-refractivity contribution in [2.24, 2.45) is 0 Å². The van der Waals surface area contributed by atoms with Crippen molar-refractivity contribution in [3.05, 3.63) is 63.7 Å². The van der Waals surface area contributed by atoms with E-state index in [1.165, 1.54) is 18.2 Å². The maximum absolute atomic E-state index is 12.7. The molecule has 1 aliphatic carbocycles. The normalized spacial score (nSPS) is 15.0. The fourth-order valence-electron chi connectivity index (χ4n) is 3.52. The Bertz CT molecular complexity index is 1020. The first kappa shape index (κ1) is 19.8. The molecule has 0 spiro atoms. The number of hydrogen-bond acceptors (Lipinski definition) is 6. The van der Waals surface area contributed by atoms with Gasteiger partial charge in [0.05, 0.1) is 27.2 Å². The molecule has 1 N–H and O–H groups in total. The lowest BCUT2D eigenvalue weighted by Crippen LogP contribution is -2.25. The summed E-state index contributed by atoms with van der Waals surface area (Å²) in [5.74, 6) is -0.0153. The third-order valence-electron chi connectivity index (χ3n) is 4.97. The van der Waals surface area contributed by atoms with E-state index in [-0.39, 0.29) is 22.3 Å². The Morgan fingerprint density at radius 3 is 2.57 bits per heavy atom. The standard InChI is InChI=1S/C20H21N3O4S/c21-13-16-12-18(23(24)25)9-10-20(16)22-17-6-4-5-15(11-17)14-28(26,27)19-7-2-1-3-8-19/h4-6,9-12,19,22H,1-3,7-8,14H2. The van der Waals surface area contributed by atoms with Crippen LogP contribution in [0.4, 0.5) is 17.1 Å². The van der Waals surface area contributed by atoms with Crippen molar-refractivity contribution >= 4 is 26.9 Å². The molecular weight excluding hydrogens is 378 g/mol. The minimum Gasteiger partial charge on any atom is -0.354 e. The number of nitro benzene ring substituents is 1. The minimum atomic E-state index is -3.21. The van der Waals surface area contributed by atoms with E-state index in [0.717, 1.165) is 32.1 Å². The second-order valence-electron chi connectivity index (χ2n) is 6.99. The molecule has 146 valence electrons. The summed E-state index contributed by atoms with van der Waals surface area (Å²) in [5.41, 5.74) is 1.72. The van der Waals surface area contributed by atoms with Gasteiger partial charge in [0.2, 0.25) is 0 Å². The largest absolute Gasteiger partial charge is 0.354 e. The maximum Gasteiger partial charge on any atom is 0.270 e. The van der Waals surface area contributed by atoms with E-state index in [2.05, 4.69) is 5.32 Å². The molecule has 3 rings (SSSR count). The van der Waals surface area contributed by atoms with Crippen molar-refractivity contribution in [2.45, 2.75) is 43.1 Å². The fourth-order valence-corrected chi connectivity index (χ4v) is 5.45. The monoisotopic (exact) mass is 399 g/mol. The highest BCUT2D eigenvalue weighted by Gasteiger charge is 2.27. The molecule has 1 aliphatic rings. The first-order valence-corrected chi connectivity index (χ1v) is 10.9. The summed E-state index contributed by atoms with van der Waals surface area (Å²) in [6, 6.07) is 13.0. The van der Waals surface area contributed by atoms with Crippen LogP contribution in [-0.4, -0.2) is 18.6 Å². The molecule has 0 aromatic heterocycles. The van der Waals surface area contributed by atoms with Crippen LogP contribution >= 0.6 is 0 Å². The molecule has 8 heteroatoms. The molecule has 0 aliphatic heterocycles. The average Bonchev–Trinajstić information content (AvgIpc) is 2.69. The maximum atomic E-state index is 12.7. The average molecular weight is 399 g/mol. The lowest BCUT2D eigenvalue weighted by molar-refractivity contribution is -0.384. The van der Waals surface area contributed by atoms with Gasteiger partial charge in [-0.05, 0) is 36.6 Å². The molecule has 0 heterocycles. The summed E-state index contributed by atoms with van der Waals surface area (Å²) >= 11 is 0. The van der Waals surface area contributed by atoms with Gasteiger partial charge in [-0.15, -0.1) is 0 Å². The molecular formula is C20H21N3O4S. The van der Waals surface area contributed by atoms with E-state index in [4.69, 9.17) is 0 Å². The zero-order valence-corrected chi connectivity index (χ0v) is 16.1. The number of nitrogens with one attached hydrogen (secondary N) is 1. The zero-order valence-electron chi connectivity index (χ0n) is 15.3. The highest BCUT2D eigenvalue weighted by atomic mass is 32.2. The Morgan fingerprint density at radius 2 is 1.89 bits per heavy atom. The molecule has 0 saturated heterocycles. The van der Waals surface area contributed by atoms with Crippen LogP contribution in [0.5, 0.6) is 0 Å². The van der Waals surface area contributed by atoms with Crippen molar-refractivity contribution in [1.29, 1.82) is 5.26 Å². The van der Waals surface area contributed by atoms with Crippen LogP contribution < -0.4 is 5.32 Å². The van der Waals surface area contributed by atoms with Crippen LogP contribution in [0.15, 0.2) is 42.5 Å². The number of anilines is 2. The predicted molar refractivity (Wildman–Crippen MR) is 107 cm³/mol. The van der Waals surface area contributed by atoms with Crippen molar-refractivity contribution in [3.8, 4) is 6.07 Å². The number of nitriles is 1. The highest BCUT2D eigenvalue weighted by molar-refractivity contribution is 7.91. The van der Waals surface area contributed by atoms with Crippen molar-refractivity contribution < 1.29 is 13.3 Å². The summed E-state index contributed by atoms with van der Waals surface area (Å²) in [5, 5.41) is 22.9. The van der Waals surface area contributed by atoms with Gasteiger partial charge < -0.3 is 5.32 Å². The van der Waals surface area contributed by atoms with Crippen molar-refractivity contribution in [3.63, 3.8) is 0 Å². The molecule has 0 bridgehead atoms. The third kappa shape index (κ3) is 4.67. The number of non-ortho nitro benzene ring substituents is 1. The number of benzene rings is 2. The predicted octanol–water partition coefficient (Wildman–Crippen LogP) is 4.46. The summed E-state index contributed by atoms with van der Waals surface area (Å²) in [7, 11) is -3.21. The van der Waals surface area contributed by atoms with Crippen LogP contribution in [0.3, 0.4) is 0 Å². The SMILES string of the molecule is N#Cc1cc([N+](=O)[O-])ccc1Nc1cccc(CS(=O)(=O)C2CCCCC2)c1. The topological polar surface area (TPSA) is 113 Å². The lowest BCUT2D eigenvalue weighted by Gasteiger charge is -2.21. The molecule has 0 amide bonds. The molecule has 2 aromatic carbocycles. The van der Waals surface area contributed by atoms with Gasteiger partial charge in [-0.1, -0.05) is 31.4 Å². The molecule has 0 unspecified atom stereocenters. The first-order chi connectivity index (χ1) is 13.4. The molecule has 0 atom stereocenters. The van der Waals surface area contributed by atoms with E-state index in [1.54, 1.807) is 24.3 Å². The highest BCUT2D eigenvalue weighted by Crippen LogP contribution is 2.28. The van der Waals surface area contributed by atoms with Gasteiger partial charge in [0, 0.05) is 17.8 Å². The Morgan fingerprint density at radius 1 is 1.14 bits per heavy atom. The smallest absolute Gasteiger partial charge is 0.270 e. The van der Waals surface area contributed by atoms with Crippen molar-refractivity contribution in [2.75, 3.05) is 5.32 Å². The Balaban J connectivity index is 1.79. The van der Waals surface area contributed by atoms with Crippen LogP contribution in [0.1, 0.15) is 43.2 Å². The summed E-state index contributed by atoms with van der Waals surface area (Å²) in [6.07, 6.45) is 4.48. The summed E-state index contributed by atoms with van der Waals surface area (Å²) in [4.78, 5) is 10.3. The molecule has 7 nitrogen and oxygen atoms in total. The van der Waals surface area contributed by atoms with Gasteiger partial charge in [-0.2, -0.15) is 5.26 Å². The quantitative estimate of drug-likeness (QED) is 0.567. The van der Waals surface area contributed by atoms with E-state index < -0.39 is 14.8 Å². The van der Waals surface area contributed by atoms with Crippen molar-refractivity contribution in [1.82, 2.24) is 0 Å². The number of sulfone groups is 1. The van der Waals surface area contributed by atoms with E-state index >= 15 is 0 Å². The molecule has 28 heavy (non-hydrogen) atoms. The van der Waals surface area contributed by atoms with Gasteiger partial charge in [0.15, 0.2) is 9.84 Å². The van der Waals surface area contributed by atoms with Gasteiger partial charge in [0.1, 0.15) is 6.07 Å². The fraction of sp³-hybridized carbons (Fsp3) is 0.350.